The topological polar surface area (TPSA) is 99.2 Å². The monoisotopic (exact) mass is 346 g/mol. The Bertz CT molecular complexity index is 885. The van der Waals surface area contributed by atoms with Gasteiger partial charge in [0.1, 0.15) is 6.07 Å². The first-order chi connectivity index (χ1) is 11.5. The van der Waals surface area contributed by atoms with Crippen molar-refractivity contribution in [3.63, 3.8) is 0 Å². The molecule has 0 unspecified atom stereocenters. The van der Waals surface area contributed by atoms with Crippen LogP contribution in [-0.2, 0) is 17.1 Å². The highest BCUT2D eigenvalue weighted by Crippen LogP contribution is 2.35. The van der Waals surface area contributed by atoms with Crippen LogP contribution < -0.4 is 0 Å². The fourth-order valence-corrected chi connectivity index (χ4v) is 4.81. The summed E-state index contributed by atoms with van der Waals surface area (Å²) in [6.07, 6.45) is 3.54. The molecule has 1 N–H and O–H groups in total. The lowest BCUT2D eigenvalue weighted by Gasteiger charge is -2.17. The molecule has 0 saturated carbocycles. The van der Waals surface area contributed by atoms with Crippen LogP contribution >= 0.6 is 0 Å². The summed E-state index contributed by atoms with van der Waals surface area (Å²) >= 11 is 0. The summed E-state index contributed by atoms with van der Waals surface area (Å²) in [5, 5.41) is 23.0. The lowest BCUT2D eigenvalue weighted by Crippen LogP contribution is -2.30. The molecule has 126 valence electrons. The number of hydrogen-bond donors (Lipinski definition) is 1. The van der Waals surface area contributed by atoms with Crippen LogP contribution in [0, 0.1) is 17.2 Å². The number of aryl methyl sites for hydroxylation is 1. The number of nitriles is 1. The number of aliphatic hydroxyl groups is 1. The van der Waals surface area contributed by atoms with Crippen molar-refractivity contribution in [3.05, 3.63) is 47.8 Å². The van der Waals surface area contributed by atoms with Gasteiger partial charge >= 0.3 is 0 Å². The number of aliphatic hydroxyl groups excluding tert-OH is 1. The molecule has 24 heavy (non-hydrogen) atoms. The average Bonchev–Trinajstić information content (AvgIpc) is 3.20. The Morgan fingerprint density at radius 2 is 2.12 bits per heavy atom. The van der Waals surface area contributed by atoms with Crippen LogP contribution in [0.5, 0.6) is 0 Å². The minimum atomic E-state index is -3.79. The zero-order valence-corrected chi connectivity index (χ0v) is 14.0. The number of aromatic nitrogens is 2. The van der Waals surface area contributed by atoms with Crippen molar-refractivity contribution >= 4 is 10.0 Å². The molecule has 1 aromatic heterocycles. The van der Waals surface area contributed by atoms with Crippen LogP contribution in [0.25, 0.3) is 0 Å². The number of hydrogen-bond acceptors (Lipinski definition) is 5. The van der Waals surface area contributed by atoms with Gasteiger partial charge in [0.2, 0.25) is 10.0 Å². The minimum absolute atomic E-state index is 0.0102. The van der Waals surface area contributed by atoms with Crippen LogP contribution in [0.15, 0.2) is 41.6 Å². The quantitative estimate of drug-likeness (QED) is 0.878. The van der Waals surface area contributed by atoms with Crippen LogP contribution in [0.3, 0.4) is 0 Å². The van der Waals surface area contributed by atoms with E-state index in [9.17, 15) is 18.8 Å². The highest BCUT2D eigenvalue weighted by molar-refractivity contribution is 7.89. The number of sulfonamides is 1. The molecule has 1 aliphatic rings. The van der Waals surface area contributed by atoms with Crippen molar-refractivity contribution in [1.82, 2.24) is 14.1 Å². The molecule has 8 heteroatoms. The van der Waals surface area contributed by atoms with Gasteiger partial charge in [-0.05, 0) is 17.7 Å². The van der Waals surface area contributed by atoms with E-state index in [1.807, 2.05) is 12.3 Å². The Morgan fingerprint density at radius 3 is 2.75 bits per heavy atom. The predicted octanol–water partition coefficient (Wildman–Crippen LogP) is 0.688. The van der Waals surface area contributed by atoms with Crippen LogP contribution in [0.2, 0.25) is 0 Å². The number of benzene rings is 1. The van der Waals surface area contributed by atoms with Crippen molar-refractivity contribution in [2.75, 3.05) is 19.7 Å². The second-order valence-electron chi connectivity index (χ2n) is 5.93. The third-order valence-corrected chi connectivity index (χ3v) is 6.31. The first-order valence-electron chi connectivity index (χ1n) is 7.56. The summed E-state index contributed by atoms with van der Waals surface area (Å²) in [4.78, 5) is 0.0102. The SMILES string of the molecule is Cn1cc([C@@H]2CN(S(=O)(=O)c3ccccc3C#N)C[C@H]2CO)cn1. The average molecular weight is 346 g/mol. The summed E-state index contributed by atoms with van der Waals surface area (Å²) < 4.78 is 28.9. The molecule has 2 heterocycles. The van der Waals surface area contributed by atoms with Crippen LogP contribution in [0.4, 0.5) is 0 Å². The standard InChI is InChI=1S/C16H18N4O3S/c1-19-8-13(7-18-19)15-10-20(9-14(15)11-21)24(22,23)16-5-3-2-4-12(16)6-17/h2-5,7-8,14-15,21H,9-11H2,1H3/t14-,15-/m0/s1. The zero-order chi connectivity index (χ0) is 17.3. The summed E-state index contributed by atoms with van der Waals surface area (Å²) in [5.74, 6) is -0.314. The van der Waals surface area contributed by atoms with E-state index < -0.39 is 10.0 Å². The fraction of sp³-hybridized carbons (Fsp3) is 0.375. The minimum Gasteiger partial charge on any atom is -0.396 e. The third-order valence-electron chi connectivity index (χ3n) is 4.42. The number of nitrogens with zero attached hydrogens (tertiary/aromatic N) is 4. The number of rotatable bonds is 4. The van der Waals surface area contributed by atoms with Gasteiger partial charge in [-0.3, -0.25) is 4.68 Å². The molecule has 0 bridgehead atoms. The molecule has 1 saturated heterocycles. The molecule has 2 atom stereocenters. The van der Waals surface area contributed by atoms with Gasteiger partial charge in [-0.1, -0.05) is 12.1 Å². The van der Waals surface area contributed by atoms with Gasteiger partial charge in [0.05, 0.1) is 16.7 Å². The molecular weight excluding hydrogens is 328 g/mol. The van der Waals surface area contributed by atoms with Gasteiger partial charge in [0, 0.05) is 44.8 Å². The fourth-order valence-electron chi connectivity index (χ4n) is 3.15. The molecule has 0 radical (unpaired) electrons. The molecule has 0 amide bonds. The maximum absolute atomic E-state index is 12.9. The van der Waals surface area contributed by atoms with E-state index in [4.69, 9.17) is 0 Å². The van der Waals surface area contributed by atoms with E-state index in [0.29, 0.717) is 0 Å². The Kier molecular flexibility index (Phi) is 4.41. The van der Waals surface area contributed by atoms with Crippen molar-refractivity contribution in [3.8, 4) is 6.07 Å². The molecule has 1 aliphatic heterocycles. The smallest absolute Gasteiger partial charge is 0.244 e. The lowest BCUT2D eigenvalue weighted by molar-refractivity contribution is 0.223. The Hall–Kier alpha value is -2.21. The van der Waals surface area contributed by atoms with Gasteiger partial charge in [0.25, 0.3) is 0 Å². The Morgan fingerprint density at radius 1 is 1.38 bits per heavy atom. The molecule has 1 fully saturated rings. The van der Waals surface area contributed by atoms with Crippen molar-refractivity contribution in [2.24, 2.45) is 13.0 Å². The van der Waals surface area contributed by atoms with Gasteiger partial charge < -0.3 is 5.11 Å². The second kappa shape index (κ2) is 6.36. The van der Waals surface area contributed by atoms with E-state index in [1.165, 1.54) is 16.4 Å². The molecule has 0 spiro atoms. The third kappa shape index (κ3) is 2.82. The maximum atomic E-state index is 12.9. The lowest BCUT2D eigenvalue weighted by atomic mass is 9.92. The predicted molar refractivity (Wildman–Crippen MR) is 86.4 cm³/mol. The van der Waals surface area contributed by atoms with Crippen molar-refractivity contribution < 1.29 is 13.5 Å². The van der Waals surface area contributed by atoms with Crippen molar-refractivity contribution in [2.45, 2.75) is 10.8 Å². The highest BCUT2D eigenvalue weighted by Gasteiger charge is 2.40. The first-order valence-corrected chi connectivity index (χ1v) is 9.00. The normalized spacial score (nSPS) is 21.7. The van der Waals surface area contributed by atoms with Crippen molar-refractivity contribution in [1.29, 1.82) is 5.26 Å². The maximum Gasteiger partial charge on any atom is 0.244 e. The molecule has 0 aliphatic carbocycles. The Balaban J connectivity index is 1.94. The van der Waals surface area contributed by atoms with E-state index in [-0.39, 0.29) is 42.0 Å². The van der Waals surface area contributed by atoms with E-state index >= 15 is 0 Å². The Labute approximate surface area is 140 Å². The van der Waals surface area contributed by atoms with Gasteiger partial charge in [0.15, 0.2) is 0 Å². The van der Waals surface area contributed by atoms with Gasteiger partial charge in [-0.15, -0.1) is 0 Å². The van der Waals surface area contributed by atoms with Gasteiger partial charge in [-0.25, -0.2) is 8.42 Å². The highest BCUT2D eigenvalue weighted by atomic mass is 32.2. The van der Waals surface area contributed by atoms with Crippen LogP contribution in [0.1, 0.15) is 17.0 Å². The molecular formula is C16H18N4O3S. The van der Waals surface area contributed by atoms with E-state index in [0.717, 1.165) is 5.56 Å². The van der Waals surface area contributed by atoms with Crippen LogP contribution in [-0.4, -0.2) is 47.3 Å². The molecule has 1 aromatic carbocycles. The summed E-state index contributed by atoms with van der Waals surface area (Å²) in [6.45, 7) is 0.378. The molecule has 2 aromatic rings. The summed E-state index contributed by atoms with van der Waals surface area (Å²) in [5.41, 5.74) is 1.03. The summed E-state index contributed by atoms with van der Waals surface area (Å²) in [6, 6.07) is 8.10. The zero-order valence-electron chi connectivity index (χ0n) is 13.2. The van der Waals surface area contributed by atoms with E-state index in [1.54, 1.807) is 30.1 Å². The largest absolute Gasteiger partial charge is 0.396 e. The second-order valence-corrected chi connectivity index (χ2v) is 7.83. The molecule has 7 nitrogen and oxygen atoms in total. The molecule has 3 rings (SSSR count). The first kappa shape index (κ1) is 16.6. The summed E-state index contributed by atoms with van der Waals surface area (Å²) in [7, 11) is -1.99. The van der Waals surface area contributed by atoms with E-state index in [2.05, 4.69) is 5.10 Å². The van der Waals surface area contributed by atoms with Gasteiger partial charge in [-0.2, -0.15) is 14.7 Å².